The van der Waals surface area contributed by atoms with E-state index in [2.05, 4.69) is 10.6 Å². The summed E-state index contributed by atoms with van der Waals surface area (Å²) in [5, 5.41) is 14.0. The number of carbonyl (C=O) groups excluding carboxylic acids is 4. The number of amides is 3. The third kappa shape index (κ3) is 11.4. The number of nitrogens with one attached hydrogen (secondary N) is 3. The second-order valence-electron chi connectivity index (χ2n) is 10.0. The predicted molar refractivity (Wildman–Crippen MR) is 148 cm³/mol. The molecule has 10 heteroatoms. The van der Waals surface area contributed by atoms with Gasteiger partial charge < -0.3 is 20.1 Å². The summed E-state index contributed by atoms with van der Waals surface area (Å²) in [6.07, 6.45) is 6.73. The zero-order chi connectivity index (χ0) is 28.6. The van der Waals surface area contributed by atoms with E-state index in [4.69, 9.17) is 14.7 Å². The smallest absolute Gasteiger partial charge is 0.408 e. The highest BCUT2D eigenvalue weighted by Crippen LogP contribution is 2.22. The van der Waals surface area contributed by atoms with Gasteiger partial charge in [-0.25, -0.2) is 15.1 Å². The van der Waals surface area contributed by atoms with E-state index in [1.54, 1.807) is 29.7 Å². The first-order chi connectivity index (χ1) is 19.4. The maximum Gasteiger partial charge on any atom is 0.408 e. The Kier molecular flexibility index (Phi) is 12.9. The molecule has 1 aliphatic carbocycles. The maximum absolute atomic E-state index is 12.9. The van der Waals surface area contributed by atoms with Crippen LogP contribution in [0, 0.1) is 0 Å². The minimum Gasteiger partial charge on any atom is -0.461 e. The van der Waals surface area contributed by atoms with Gasteiger partial charge in [-0.15, -0.1) is 0 Å². The molecule has 0 saturated heterocycles. The van der Waals surface area contributed by atoms with Crippen LogP contribution in [-0.4, -0.2) is 41.2 Å². The van der Waals surface area contributed by atoms with Crippen molar-refractivity contribution >= 4 is 29.6 Å². The number of hydrogen-bond acceptors (Lipinski definition) is 7. The van der Waals surface area contributed by atoms with Gasteiger partial charge in [0, 0.05) is 24.9 Å². The van der Waals surface area contributed by atoms with Gasteiger partial charge >= 0.3 is 12.1 Å². The lowest BCUT2D eigenvalue weighted by Gasteiger charge is -2.20. The molecule has 0 bridgehead atoms. The highest BCUT2D eigenvalue weighted by atomic mass is 16.6. The minimum absolute atomic E-state index is 0.0350. The van der Waals surface area contributed by atoms with Gasteiger partial charge in [0.15, 0.2) is 0 Å². The van der Waals surface area contributed by atoms with Crippen molar-refractivity contribution in [2.75, 3.05) is 5.32 Å². The van der Waals surface area contributed by atoms with E-state index in [0.29, 0.717) is 36.9 Å². The quantitative estimate of drug-likeness (QED) is 0.107. The Balaban J connectivity index is 1.44. The molecule has 3 amide bonds. The average molecular weight is 554 g/mol. The van der Waals surface area contributed by atoms with Crippen LogP contribution in [0.4, 0.5) is 10.5 Å². The normalized spacial score (nSPS) is 13.7. The predicted octanol–water partition coefficient (Wildman–Crippen LogP) is 4.79. The first kappa shape index (κ1) is 30.6. The van der Waals surface area contributed by atoms with Crippen molar-refractivity contribution in [1.82, 2.24) is 10.8 Å². The van der Waals surface area contributed by atoms with Crippen LogP contribution in [0.2, 0.25) is 0 Å². The summed E-state index contributed by atoms with van der Waals surface area (Å²) in [6.45, 7) is -0.0350. The van der Waals surface area contributed by atoms with Crippen LogP contribution in [0.1, 0.15) is 75.3 Å². The summed E-state index contributed by atoms with van der Waals surface area (Å²) in [4.78, 5) is 48.8. The molecule has 1 fully saturated rings. The molecule has 0 spiro atoms. The number of carbonyl (C=O) groups is 4. The topological polar surface area (TPSA) is 143 Å². The molecule has 1 unspecified atom stereocenters. The number of unbranched alkanes of at least 4 members (excludes halogenated alkanes) is 3. The Labute approximate surface area is 234 Å². The van der Waals surface area contributed by atoms with E-state index in [-0.39, 0.29) is 25.0 Å². The fourth-order valence-electron chi connectivity index (χ4n) is 4.57. The largest absolute Gasteiger partial charge is 0.461 e. The van der Waals surface area contributed by atoms with Crippen LogP contribution < -0.4 is 16.1 Å². The van der Waals surface area contributed by atoms with Gasteiger partial charge in [0.1, 0.15) is 18.8 Å². The van der Waals surface area contributed by atoms with Crippen molar-refractivity contribution in [1.29, 1.82) is 0 Å². The van der Waals surface area contributed by atoms with Gasteiger partial charge in [-0.1, -0.05) is 55.3 Å². The Morgan fingerprint density at radius 3 is 2.23 bits per heavy atom. The maximum atomic E-state index is 12.9. The van der Waals surface area contributed by atoms with Crippen molar-refractivity contribution in [3.8, 4) is 0 Å². The SMILES string of the molecule is O=C(CCCCCCC(=O)Nc1cccc(COC(=O)NC(Cc2ccccc2)C(=O)OC2CCCC2)c1)NO. The molecule has 3 rings (SSSR count). The lowest BCUT2D eigenvalue weighted by atomic mass is 10.1. The van der Waals surface area contributed by atoms with Crippen molar-refractivity contribution in [2.45, 2.75) is 89.4 Å². The van der Waals surface area contributed by atoms with E-state index >= 15 is 0 Å². The highest BCUT2D eigenvalue weighted by molar-refractivity contribution is 5.90. The van der Waals surface area contributed by atoms with Crippen molar-refractivity contribution in [2.24, 2.45) is 0 Å². The fraction of sp³-hybridized carbons (Fsp3) is 0.467. The Morgan fingerprint density at radius 1 is 0.850 bits per heavy atom. The first-order valence-corrected chi connectivity index (χ1v) is 13.9. The zero-order valence-corrected chi connectivity index (χ0v) is 22.7. The Morgan fingerprint density at radius 2 is 1.52 bits per heavy atom. The van der Waals surface area contributed by atoms with E-state index < -0.39 is 24.0 Å². The lowest BCUT2D eigenvalue weighted by molar-refractivity contribution is -0.151. The molecule has 0 aliphatic heterocycles. The molecule has 1 aliphatic rings. The second-order valence-corrected chi connectivity index (χ2v) is 10.0. The Hall–Kier alpha value is -3.92. The zero-order valence-electron chi connectivity index (χ0n) is 22.7. The molecule has 4 N–H and O–H groups in total. The molecular formula is C30H39N3O7. The van der Waals surface area contributed by atoms with Crippen LogP contribution in [0.5, 0.6) is 0 Å². The molecule has 0 heterocycles. The second kappa shape index (κ2) is 16.9. The van der Waals surface area contributed by atoms with Gasteiger partial charge in [0.2, 0.25) is 11.8 Å². The summed E-state index contributed by atoms with van der Waals surface area (Å²) in [5.74, 6) is -1.01. The number of hydroxylamine groups is 1. The van der Waals surface area contributed by atoms with Crippen molar-refractivity contribution in [3.05, 3.63) is 65.7 Å². The molecule has 10 nitrogen and oxygen atoms in total. The summed E-state index contributed by atoms with van der Waals surface area (Å²) in [5.41, 5.74) is 3.77. The molecule has 1 atom stereocenters. The van der Waals surface area contributed by atoms with E-state index in [0.717, 1.165) is 44.1 Å². The van der Waals surface area contributed by atoms with E-state index in [9.17, 15) is 19.2 Å². The highest BCUT2D eigenvalue weighted by Gasteiger charge is 2.27. The molecule has 2 aromatic carbocycles. The fourth-order valence-corrected chi connectivity index (χ4v) is 4.57. The first-order valence-electron chi connectivity index (χ1n) is 13.9. The number of benzene rings is 2. The summed E-state index contributed by atoms with van der Waals surface area (Å²) < 4.78 is 11.0. The molecule has 1 saturated carbocycles. The van der Waals surface area contributed by atoms with Crippen LogP contribution in [0.15, 0.2) is 54.6 Å². The van der Waals surface area contributed by atoms with Crippen LogP contribution in [0.3, 0.4) is 0 Å². The third-order valence-electron chi connectivity index (χ3n) is 6.71. The average Bonchev–Trinajstić information content (AvgIpc) is 3.47. The number of ether oxygens (including phenoxy) is 2. The van der Waals surface area contributed by atoms with Gasteiger partial charge in [-0.3, -0.25) is 14.8 Å². The van der Waals surface area contributed by atoms with Crippen molar-refractivity contribution in [3.63, 3.8) is 0 Å². The molecule has 216 valence electrons. The third-order valence-corrected chi connectivity index (χ3v) is 6.71. The molecule has 40 heavy (non-hydrogen) atoms. The van der Waals surface area contributed by atoms with E-state index in [1.807, 2.05) is 30.3 Å². The van der Waals surface area contributed by atoms with Crippen LogP contribution in [-0.2, 0) is 36.9 Å². The van der Waals surface area contributed by atoms with Gasteiger partial charge in [0.25, 0.3) is 0 Å². The van der Waals surface area contributed by atoms with Crippen LogP contribution >= 0.6 is 0 Å². The minimum atomic E-state index is -0.868. The summed E-state index contributed by atoms with van der Waals surface area (Å²) in [6, 6.07) is 15.6. The summed E-state index contributed by atoms with van der Waals surface area (Å²) >= 11 is 0. The Bertz CT molecular complexity index is 1100. The monoisotopic (exact) mass is 553 g/mol. The standard InChI is InChI=1S/C30H39N3O7/c34-27(17-6-1-2-7-18-28(35)33-38)31-24-14-10-13-23(19-24)21-39-30(37)32-26(20-22-11-4-3-5-12-22)29(36)40-25-15-8-9-16-25/h3-5,10-14,19,25-26,38H,1-2,6-9,15-18,20-21H2,(H,31,34)(H,32,37)(H,33,35). The number of anilines is 1. The van der Waals surface area contributed by atoms with Gasteiger partial charge in [0.05, 0.1) is 0 Å². The summed E-state index contributed by atoms with van der Waals surface area (Å²) in [7, 11) is 0. The van der Waals surface area contributed by atoms with Gasteiger partial charge in [-0.05, 0) is 61.8 Å². The molecule has 2 aromatic rings. The number of hydrogen-bond donors (Lipinski definition) is 4. The molecular weight excluding hydrogens is 514 g/mol. The number of alkyl carbamates (subject to hydrolysis) is 1. The number of rotatable bonds is 15. The number of esters is 1. The molecule has 0 radical (unpaired) electrons. The van der Waals surface area contributed by atoms with Gasteiger partial charge in [-0.2, -0.15) is 0 Å². The lowest BCUT2D eigenvalue weighted by Crippen LogP contribution is -2.44. The van der Waals surface area contributed by atoms with E-state index in [1.165, 1.54) is 0 Å². The molecule has 0 aromatic heterocycles. The van der Waals surface area contributed by atoms with Crippen molar-refractivity contribution < 1.29 is 33.9 Å². The van der Waals surface area contributed by atoms with Crippen LogP contribution in [0.25, 0.3) is 0 Å².